The third-order valence-corrected chi connectivity index (χ3v) is 7.69. The average molecular weight is 612 g/mol. The lowest BCUT2D eigenvalue weighted by atomic mass is 10.2. The summed E-state index contributed by atoms with van der Waals surface area (Å²) in [5.74, 6) is 0.198. The molecule has 1 amide bonds. The summed E-state index contributed by atoms with van der Waals surface area (Å²) >= 11 is 12.1. The molecule has 15 heteroatoms. The van der Waals surface area contributed by atoms with Gasteiger partial charge in [-0.05, 0) is 39.3 Å². The number of amides is 1. The van der Waals surface area contributed by atoms with E-state index in [1.54, 1.807) is 30.3 Å². The van der Waals surface area contributed by atoms with Gasteiger partial charge in [0.15, 0.2) is 5.82 Å². The molecular weight excluding hydrogens is 579 g/mol. The molecule has 12 nitrogen and oxygen atoms in total. The molecule has 0 saturated heterocycles. The van der Waals surface area contributed by atoms with Gasteiger partial charge in [-0.2, -0.15) is 4.98 Å². The van der Waals surface area contributed by atoms with Crippen molar-refractivity contribution < 1.29 is 17.9 Å². The minimum absolute atomic E-state index is 0.0250. The highest BCUT2D eigenvalue weighted by Gasteiger charge is 2.19. The van der Waals surface area contributed by atoms with E-state index in [1.165, 1.54) is 26.4 Å². The number of likely N-dealkylation sites (N-methyl/N-ethyl adjacent to an activating group) is 2. The van der Waals surface area contributed by atoms with Gasteiger partial charge in [-0.25, -0.2) is 18.1 Å². The maximum Gasteiger partial charge on any atom is 0.242 e. The summed E-state index contributed by atoms with van der Waals surface area (Å²) in [4.78, 5) is 25.0. The standard InChI is InChI=1S/C25H32Cl2N8O4S/c1-28-40(37,38)22-9-7-6-8-17(22)31-24-16(27)15-29-25(33-24)32-19-12-18(30-23(36)14-26)20(13-21(19)39-5)35(4)11-10-34(2)3/h6-9,12-13,15,28H,10-11,14H2,1-5H3,(H,30,36)(H2,29,31,32,33). The molecule has 0 bridgehead atoms. The number of alkyl halides is 1. The van der Waals surface area contributed by atoms with Crippen LogP contribution in [0, 0.1) is 0 Å². The Hall–Kier alpha value is -3.36. The highest BCUT2D eigenvalue weighted by molar-refractivity contribution is 7.89. The highest BCUT2D eigenvalue weighted by Crippen LogP contribution is 2.38. The number of nitrogens with zero attached hydrogens (tertiary/aromatic N) is 4. The minimum Gasteiger partial charge on any atom is -0.494 e. The Labute approximate surface area is 244 Å². The zero-order valence-electron chi connectivity index (χ0n) is 22.7. The number of methoxy groups -OCH3 is 1. The first kappa shape index (κ1) is 31.2. The van der Waals surface area contributed by atoms with Crippen molar-refractivity contribution in [2.45, 2.75) is 4.90 Å². The van der Waals surface area contributed by atoms with Crippen molar-refractivity contribution in [1.29, 1.82) is 0 Å². The van der Waals surface area contributed by atoms with Crippen molar-refractivity contribution in [2.24, 2.45) is 0 Å². The van der Waals surface area contributed by atoms with Gasteiger partial charge in [0.1, 0.15) is 21.5 Å². The van der Waals surface area contributed by atoms with Crippen LogP contribution in [0.25, 0.3) is 0 Å². The number of anilines is 6. The van der Waals surface area contributed by atoms with Crippen LogP contribution < -0.4 is 30.3 Å². The molecule has 0 fully saturated rings. The average Bonchev–Trinajstić information content (AvgIpc) is 2.93. The van der Waals surface area contributed by atoms with E-state index in [-0.39, 0.29) is 39.2 Å². The number of rotatable bonds is 13. The molecule has 0 atom stereocenters. The van der Waals surface area contributed by atoms with Crippen molar-refractivity contribution in [1.82, 2.24) is 19.6 Å². The quantitative estimate of drug-likeness (QED) is 0.212. The summed E-state index contributed by atoms with van der Waals surface area (Å²) in [6.07, 6.45) is 1.38. The van der Waals surface area contributed by atoms with Gasteiger partial charge in [0, 0.05) is 26.2 Å². The van der Waals surface area contributed by atoms with E-state index in [0.717, 1.165) is 12.2 Å². The molecule has 0 saturated carbocycles. The minimum atomic E-state index is -3.75. The number of carbonyl (C=O) groups excluding carboxylic acids is 1. The number of ether oxygens (including phenoxy) is 1. The van der Waals surface area contributed by atoms with E-state index < -0.39 is 10.0 Å². The zero-order chi connectivity index (χ0) is 29.4. The Morgan fingerprint density at radius 2 is 1.77 bits per heavy atom. The predicted molar refractivity (Wildman–Crippen MR) is 160 cm³/mol. The number of nitrogens with one attached hydrogen (secondary N) is 4. The molecule has 0 aliphatic carbocycles. The van der Waals surface area contributed by atoms with Crippen LogP contribution in [0.2, 0.25) is 5.02 Å². The number of para-hydroxylation sites is 1. The van der Waals surface area contributed by atoms with Gasteiger partial charge in [-0.15, -0.1) is 11.6 Å². The summed E-state index contributed by atoms with van der Waals surface area (Å²) in [6.45, 7) is 1.47. The largest absolute Gasteiger partial charge is 0.494 e. The first-order chi connectivity index (χ1) is 19.0. The molecule has 0 aliphatic rings. The van der Waals surface area contributed by atoms with E-state index in [9.17, 15) is 13.2 Å². The lowest BCUT2D eigenvalue weighted by Crippen LogP contribution is -2.29. The second-order valence-corrected chi connectivity index (χ2v) is 11.3. The fourth-order valence-electron chi connectivity index (χ4n) is 3.58. The number of halogens is 2. The van der Waals surface area contributed by atoms with Gasteiger partial charge in [0.05, 0.1) is 36.1 Å². The van der Waals surface area contributed by atoms with Crippen LogP contribution in [0.15, 0.2) is 47.5 Å². The molecule has 0 radical (unpaired) electrons. The summed E-state index contributed by atoms with van der Waals surface area (Å²) in [5.41, 5.74) is 1.97. The van der Waals surface area contributed by atoms with Crippen molar-refractivity contribution in [2.75, 3.05) is 75.1 Å². The second-order valence-electron chi connectivity index (χ2n) is 8.82. The molecule has 4 N–H and O–H groups in total. The van der Waals surface area contributed by atoms with Crippen molar-refractivity contribution in [3.63, 3.8) is 0 Å². The molecule has 0 unspecified atom stereocenters. The lowest BCUT2D eigenvalue weighted by molar-refractivity contribution is -0.113. The second kappa shape index (κ2) is 13.8. The smallest absolute Gasteiger partial charge is 0.242 e. The molecule has 216 valence electrons. The highest BCUT2D eigenvalue weighted by atomic mass is 35.5. The molecule has 1 aromatic heterocycles. The number of hydrogen-bond donors (Lipinski definition) is 4. The van der Waals surface area contributed by atoms with Crippen LogP contribution in [0.3, 0.4) is 0 Å². The topological polar surface area (TPSA) is 141 Å². The van der Waals surface area contributed by atoms with Gasteiger partial charge < -0.3 is 30.5 Å². The fraction of sp³-hybridized carbons (Fsp3) is 0.320. The summed E-state index contributed by atoms with van der Waals surface area (Å²) in [7, 11) is 4.97. The molecule has 3 aromatic rings. The van der Waals surface area contributed by atoms with Crippen LogP contribution in [0.1, 0.15) is 0 Å². The Balaban J connectivity index is 1.99. The third-order valence-electron chi connectivity index (χ3n) is 5.70. The Bertz CT molecular complexity index is 1460. The number of sulfonamides is 1. The monoisotopic (exact) mass is 610 g/mol. The van der Waals surface area contributed by atoms with Gasteiger partial charge in [0.2, 0.25) is 21.9 Å². The van der Waals surface area contributed by atoms with Gasteiger partial charge in [0.25, 0.3) is 0 Å². The normalized spacial score (nSPS) is 11.3. The first-order valence-corrected chi connectivity index (χ1v) is 14.4. The molecule has 40 heavy (non-hydrogen) atoms. The Morgan fingerprint density at radius 1 is 1.05 bits per heavy atom. The van der Waals surface area contributed by atoms with Crippen molar-refractivity contribution in [3.05, 3.63) is 47.6 Å². The van der Waals surface area contributed by atoms with Gasteiger partial charge in [-0.3, -0.25) is 4.79 Å². The number of carbonyl (C=O) groups is 1. The lowest BCUT2D eigenvalue weighted by Gasteiger charge is -2.26. The van der Waals surface area contributed by atoms with Crippen LogP contribution in [0.4, 0.5) is 34.5 Å². The van der Waals surface area contributed by atoms with Gasteiger partial charge >= 0.3 is 0 Å². The van der Waals surface area contributed by atoms with Crippen molar-refractivity contribution >= 4 is 73.6 Å². The summed E-state index contributed by atoms with van der Waals surface area (Å²) < 4.78 is 32.9. The maximum atomic E-state index is 12.5. The number of benzene rings is 2. The van der Waals surface area contributed by atoms with E-state index in [0.29, 0.717) is 23.7 Å². The van der Waals surface area contributed by atoms with Gasteiger partial charge in [-0.1, -0.05) is 23.7 Å². The number of aromatic nitrogens is 2. The number of hydrogen-bond acceptors (Lipinski definition) is 10. The summed E-state index contributed by atoms with van der Waals surface area (Å²) in [5, 5.41) is 9.06. The van der Waals surface area contributed by atoms with Crippen molar-refractivity contribution in [3.8, 4) is 5.75 Å². The predicted octanol–water partition coefficient (Wildman–Crippen LogP) is 3.71. The molecule has 0 aliphatic heterocycles. The van der Waals surface area contributed by atoms with Crippen LogP contribution >= 0.6 is 23.2 Å². The Morgan fingerprint density at radius 3 is 2.42 bits per heavy atom. The molecule has 0 spiro atoms. The third kappa shape index (κ3) is 7.86. The van der Waals surface area contributed by atoms with Crippen LogP contribution in [-0.2, 0) is 14.8 Å². The molecule has 2 aromatic carbocycles. The van der Waals surface area contributed by atoms with Crippen LogP contribution in [-0.4, -0.2) is 83.5 Å². The van der Waals surface area contributed by atoms with Crippen LogP contribution in [0.5, 0.6) is 5.75 Å². The summed E-state index contributed by atoms with van der Waals surface area (Å²) in [6, 6.07) is 9.83. The van der Waals surface area contributed by atoms with E-state index >= 15 is 0 Å². The molecule has 1 heterocycles. The maximum absolute atomic E-state index is 12.5. The molecular formula is C25H32Cl2N8O4S. The first-order valence-electron chi connectivity index (χ1n) is 12.0. The fourth-order valence-corrected chi connectivity index (χ4v) is 4.67. The van der Waals surface area contributed by atoms with E-state index in [2.05, 4.69) is 35.5 Å². The van der Waals surface area contributed by atoms with E-state index in [1.807, 2.05) is 26.0 Å². The SMILES string of the molecule is CNS(=O)(=O)c1ccccc1Nc1nc(Nc2cc(NC(=O)CCl)c(N(C)CCN(C)C)cc2OC)ncc1Cl. The Kier molecular flexibility index (Phi) is 10.8. The van der Waals surface area contributed by atoms with E-state index in [4.69, 9.17) is 27.9 Å². The zero-order valence-corrected chi connectivity index (χ0v) is 25.1. The molecule has 3 rings (SSSR count).